The van der Waals surface area contributed by atoms with Crippen molar-refractivity contribution in [2.45, 2.75) is 10.7 Å². The summed E-state index contributed by atoms with van der Waals surface area (Å²) < 4.78 is 142. The molecule has 0 fully saturated rings. The maximum atomic E-state index is 13.5. The summed E-state index contributed by atoms with van der Waals surface area (Å²) in [6.45, 7) is 0. The molecule has 0 spiro atoms. The second-order valence-corrected chi connectivity index (χ2v) is 15.4. The number of rotatable bonds is 4. The van der Waals surface area contributed by atoms with Gasteiger partial charge >= 0.3 is 0 Å². The summed E-state index contributed by atoms with van der Waals surface area (Å²) in [5.41, 5.74) is -0.706. The van der Waals surface area contributed by atoms with Crippen LogP contribution in [0.25, 0.3) is 43.3 Å². The van der Waals surface area contributed by atoms with Gasteiger partial charge in [-0.3, -0.25) is 18.2 Å². The molecule has 206 valence electrons. The molecule has 0 saturated carbocycles. The fourth-order valence-corrected chi connectivity index (χ4v) is 12.4. The van der Waals surface area contributed by atoms with Crippen LogP contribution in [-0.2, 0) is 45.2 Å². The molecule has 0 amide bonds. The number of allylic oxidation sites excluding steroid dienone is 2. The van der Waals surface area contributed by atoms with Crippen molar-refractivity contribution in [1.29, 1.82) is 0 Å². The van der Waals surface area contributed by atoms with Crippen LogP contribution in [0.2, 0.25) is 0 Å². The second kappa shape index (κ2) is 7.15. The van der Waals surface area contributed by atoms with Gasteiger partial charge in [0, 0.05) is 11.5 Å². The average molecular weight is 623 g/mol. The molecule has 2 unspecified atom stereocenters. The highest BCUT2D eigenvalue weighted by atomic mass is 32.2. The molecular formula is C24H14O12S4. The molecule has 0 heterocycles. The van der Waals surface area contributed by atoms with Gasteiger partial charge in [0.05, 0.1) is 0 Å². The number of hydrogen-bond donors (Lipinski definition) is 4. The highest BCUT2D eigenvalue weighted by Gasteiger charge is 2.66. The third-order valence-electron chi connectivity index (χ3n) is 7.79. The first-order chi connectivity index (χ1) is 18.4. The van der Waals surface area contributed by atoms with Crippen LogP contribution >= 0.6 is 0 Å². The molecule has 40 heavy (non-hydrogen) atoms. The Morgan fingerprint density at radius 3 is 1.77 bits per heavy atom. The summed E-state index contributed by atoms with van der Waals surface area (Å²) in [6.07, 6.45) is 3.74. The van der Waals surface area contributed by atoms with Crippen molar-refractivity contribution < 1.29 is 51.9 Å². The molecule has 12 nitrogen and oxygen atoms in total. The molecule has 0 aromatic heterocycles. The molecule has 4 aromatic carbocycles. The van der Waals surface area contributed by atoms with Crippen LogP contribution < -0.4 is 0 Å². The van der Waals surface area contributed by atoms with E-state index in [1.165, 1.54) is 12.1 Å². The molecule has 0 bridgehead atoms. The standard InChI is InChI=1S/C24H14O12S4/c25-37(26,27)15-9-13-6-5-11-3-1-10-2-4-12-7-8-14-20-18(12)16(10)17(11)19(13)21(20)24(15,40(34,35)36)23(39(31,32)33)22(14)38(28,29)30/h1-9,13H,(H,25,26,27)(H,28,29,30)(H,31,32,33)(H,34,35,36). The summed E-state index contributed by atoms with van der Waals surface area (Å²) in [6, 6.07) is 9.24. The lowest BCUT2D eigenvalue weighted by atomic mass is 9.69. The maximum Gasteiger partial charge on any atom is 0.296 e. The zero-order valence-corrected chi connectivity index (χ0v) is 22.7. The first kappa shape index (κ1) is 25.7. The first-order valence-electron chi connectivity index (χ1n) is 11.2. The van der Waals surface area contributed by atoms with Gasteiger partial charge in [0.1, 0.15) is 14.7 Å². The van der Waals surface area contributed by atoms with E-state index < -0.39 is 77.0 Å². The van der Waals surface area contributed by atoms with Crippen LogP contribution in [0.3, 0.4) is 0 Å². The molecule has 16 heteroatoms. The normalized spacial score (nSPS) is 22.6. The van der Waals surface area contributed by atoms with Crippen molar-refractivity contribution in [2.75, 3.05) is 0 Å². The van der Waals surface area contributed by atoms with E-state index in [1.807, 2.05) is 0 Å². The van der Waals surface area contributed by atoms with Gasteiger partial charge in [-0.25, -0.2) is 0 Å². The molecular weight excluding hydrogens is 609 g/mol. The van der Waals surface area contributed by atoms with E-state index in [-0.39, 0.29) is 16.3 Å². The van der Waals surface area contributed by atoms with Gasteiger partial charge in [0.15, 0.2) is 4.75 Å². The average Bonchev–Trinajstić information content (AvgIpc) is 2.83. The summed E-state index contributed by atoms with van der Waals surface area (Å²) in [4.78, 5) is -5.34. The van der Waals surface area contributed by atoms with Gasteiger partial charge in [0.25, 0.3) is 40.5 Å². The molecule has 0 aliphatic heterocycles. The Morgan fingerprint density at radius 2 is 1.23 bits per heavy atom. The van der Waals surface area contributed by atoms with Crippen LogP contribution in [0.1, 0.15) is 28.2 Å². The lowest BCUT2D eigenvalue weighted by Gasteiger charge is -2.44. The summed E-state index contributed by atoms with van der Waals surface area (Å²) in [5.74, 6) is -1.11. The smallest absolute Gasteiger partial charge is 0.284 e. The minimum atomic E-state index is -6.16. The minimum absolute atomic E-state index is 0.0103. The van der Waals surface area contributed by atoms with Crippen molar-refractivity contribution in [1.82, 2.24) is 0 Å². The lowest BCUT2D eigenvalue weighted by Crippen LogP contribution is -2.49. The SMILES string of the molecule is O=S(=O)(O)C1=CC2C=Cc3ccc4ccc5ccc6c7c(c2c3c4c57)C1(S(=O)(=O)O)C(S(=O)(=O)O)=C6S(=O)(=O)O. The van der Waals surface area contributed by atoms with Crippen LogP contribution in [0, 0.1) is 0 Å². The lowest BCUT2D eigenvalue weighted by molar-refractivity contribution is 0.443. The van der Waals surface area contributed by atoms with Crippen LogP contribution in [-0.4, -0.2) is 51.9 Å². The highest BCUT2D eigenvalue weighted by Crippen LogP contribution is 2.64. The summed E-state index contributed by atoms with van der Waals surface area (Å²) in [7, 11) is -23.8. The Kier molecular flexibility index (Phi) is 4.60. The fourth-order valence-electron chi connectivity index (χ4n) is 6.64. The molecule has 3 aliphatic carbocycles. The third-order valence-corrected chi connectivity index (χ3v) is 12.5. The molecule has 3 aliphatic rings. The van der Waals surface area contributed by atoms with Crippen LogP contribution in [0.5, 0.6) is 0 Å². The van der Waals surface area contributed by atoms with E-state index in [0.29, 0.717) is 33.2 Å². The Morgan fingerprint density at radius 1 is 0.650 bits per heavy atom. The monoisotopic (exact) mass is 622 g/mol. The summed E-state index contributed by atoms with van der Waals surface area (Å²) in [5, 5.41) is 1.75. The van der Waals surface area contributed by atoms with E-state index >= 15 is 0 Å². The minimum Gasteiger partial charge on any atom is -0.284 e. The summed E-state index contributed by atoms with van der Waals surface area (Å²) >= 11 is 0. The van der Waals surface area contributed by atoms with Gasteiger partial charge in [-0.05, 0) is 49.0 Å². The predicted octanol–water partition coefficient (Wildman–Crippen LogP) is 3.02. The first-order valence-corrected chi connectivity index (χ1v) is 17.0. The molecule has 4 N–H and O–H groups in total. The van der Waals surface area contributed by atoms with Gasteiger partial charge in [0.2, 0.25) is 0 Å². The van der Waals surface area contributed by atoms with Gasteiger partial charge in [-0.1, -0.05) is 54.6 Å². The third kappa shape index (κ3) is 2.86. The molecule has 0 radical (unpaired) electrons. The molecule has 0 saturated heterocycles. The Hall–Kier alpha value is -3.22. The maximum absolute atomic E-state index is 13.5. The predicted molar refractivity (Wildman–Crippen MR) is 145 cm³/mol. The van der Waals surface area contributed by atoms with Crippen molar-refractivity contribution in [3.05, 3.63) is 80.6 Å². The number of benzene rings is 4. The van der Waals surface area contributed by atoms with Crippen molar-refractivity contribution in [3.63, 3.8) is 0 Å². The largest absolute Gasteiger partial charge is 0.296 e. The Balaban J connectivity index is 2.00. The zero-order chi connectivity index (χ0) is 28.9. The van der Waals surface area contributed by atoms with Crippen molar-refractivity contribution in [2.24, 2.45) is 0 Å². The van der Waals surface area contributed by atoms with E-state index in [1.54, 1.807) is 30.3 Å². The van der Waals surface area contributed by atoms with Gasteiger partial charge in [-0.2, -0.15) is 33.7 Å². The quantitative estimate of drug-likeness (QED) is 0.191. The fraction of sp³-hybridized carbons (Fsp3) is 0.0833. The van der Waals surface area contributed by atoms with E-state index in [2.05, 4.69) is 0 Å². The van der Waals surface area contributed by atoms with Gasteiger partial charge < -0.3 is 0 Å². The number of hydrogen-bond acceptors (Lipinski definition) is 8. The van der Waals surface area contributed by atoms with Crippen molar-refractivity contribution in [3.8, 4) is 0 Å². The van der Waals surface area contributed by atoms with E-state index in [9.17, 15) is 51.9 Å². The van der Waals surface area contributed by atoms with Crippen LogP contribution in [0.4, 0.5) is 0 Å². The highest BCUT2D eigenvalue weighted by molar-refractivity contribution is 8.00. The second-order valence-electron chi connectivity index (χ2n) is 9.72. The van der Waals surface area contributed by atoms with Gasteiger partial charge in [-0.15, -0.1) is 0 Å². The molecule has 4 aromatic rings. The van der Waals surface area contributed by atoms with E-state index in [0.717, 1.165) is 6.07 Å². The van der Waals surface area contributed by atoms with Crippen LogP contribution in [0.15, 0.2) is 58.4 Å². The van der Waals surface area contributed by atoms with E-state index in [4.69, 9.17) is 0 Å². The Labute approximate surface area is 226 Å². The molecule has 2 atom stereocenters. The zero-order valence-electron chi connectivity index (χ0n) is 19.5. The van der Waals surface area contributed by atoms with Crippen molar-refractivity contribution >= 4 is 83.8 Å². The Bertz CT molecular complexity index is 2470. The topological polar surface area (TPSA) is 217 Å². The molecule has 7 rings (SSSR count).